The van der Waals surface area contributed by atoms with Crippen molar-refractivity contribution in [2.24, 2.45) is 0 Å². The summed E-state index contributed by atoms with van der Waals surface area (Å²) in [4.78, 5) is 44.5. The quantitative estimate of drug-likeness (QED) is 0.367. The van der Waals surface area contributed by atoms with E-state index in [4.69, 9.17) is 0 Å². The summed E-state index contributed by atoms with van der Waals surface area (Å²) in [6.45, 7) is 0. The highest BCUT2D eigenvalue weighted by Gasteiger charge is 2.17. The largest absolute Gasteiger partial charge is 0.348 e. The second kappa shape index (κ2) is 8.58. The minimum Gasteiger partial charge on any atom is -0.348 e. The molecule has 0 unspecified atom stereocenters. The summed E-state index contributed by atoms with van der Waals surface area (Å²) in [5.41, 5.74) is 3.54. The molecule has 2 aromatic carbocycles. The zero-order valence-corrected chi connectivity index (χ0v) is 17.4. The molecule has 0 aliphatic rings. The van der Waals surface area contributed by atoms with E-state index in [1.807, 2.05) is 6.07 Å². The number of H-pyrrole nitrogens is 2. The van der Waals surface area contributed by atoms with Gasteiger partial charge >= 0.3 is 0 Å². The molecule has 0 saturated carbocycles. The summed E-state index contributed by atoms with van der Waals surface area (Å²) < 4.78 is 13.1. The first-order valence-corrected chi connectivity index (χ1v) is 10.3. The summed E-state index contributed by atoms with van der Waals surface area (Å²) in [6, 6.07) is 14.7. The third kappa shape index (κ3) is 4.31. The van der Waals surface area contributed by atoms with Gasteiger partial charge in [0, 0.05) is 35.3 Å². The van der Waals surface area contributed by atoms with Gasteiger partial charge in [0.2, 0.25) is 0 Å². The van der Waals surface area contributed by atoms with Crippen LogP contribution in [0.4, 0.5) is 4.39 Å². The number of nitrogens with one attached hydrogen (secondary N) is 2. The van der Waals surface area contributed by atoms with Crippen LogP contribution in [0.5, 0.6) is 0 Å². The van der Waals surface area contributed by atoms with Crippen molar-refractivity contribution < 1.29 is 14.0 Å². The van der Waals surface area contributed by atoms with E-state index < -0.39 is 0 Å². The predicted molar refractivity (Wildman–Crippen MR) is 120 cm³/mol. The average Bonchev–Trinajstić information content (AvgIpc) is 3.48. The van der Waals surface area contributed by atoms with Crippen LogP contribution in [0.3, 0.4) is 0 Å². The maximum Gasteiger partial charge on any atom is 0.172 e. The van der Waals surface area contributed by atoms with E-state index in [9.17, 15) is 14.0 Å². The van der Waals surface area contributed by atoms with Crippen molar-refractivity contribution in [2.45, 2.75) is 12.8 Å². The molecule has 0 fully saturated rings. The molecule has 0 radical (unpaired) electrons. The van der Waals surface area contributed by atoms with E-state index in [0.29, 0.717) is 39.5 Å². The van der Waals surface area contributed by atoms with Crippen LogP contribution in [0.15, 0.2) is 73.2 Å². The highest BCUT2D eigenvalue weighted by Crippen LogP contribution is 2.20. The third-order valence-electron chi connectivity index (χ3n) is 5.30. The number of pyridine rings is 1. The monoisotopic (exact) mass is 439 g/mol. The van der Waals surface area contributed by atoms with E-state index in [1.165, 1.54) is 18.3 Å². The van der Waals surface area contributed by atoms with Crippen molar-refractivity contribution in [3.8, 4) is 11.3 Å². The smallest absolute Gasteiger partial charge is 0.172 e. The lowest BCUT2D eigenvalue weighted by molar-refractivity contribution is 0.0984. The molecule has 2 N–H and O–H groups in total. The van der Waals surface area contributed by atoms with Crippen molar-refractivity contribution in [3.05, 3.63) is 102 Å². The third-order valence-corrected chi connectivity index (χ3v) is 5.30. The van der Waals surface area contributed by atoms with Gasteiger partial charge in [0.05, 0.1) is 29.6 Å². The summed E-state index contributed by atoms with van der Waals surface area (Å²) in [6.07, 6.45) is 4.95. The van der Waals surface area contributed by atoms with Gasteiger partial charge in [-0.25, -0.2) is 14.4 Å². The lowest BCUT2D eigenvalue weighted by Crippen LogP contribution is -2.06. The molecular weight excluding hydrogens is 421 g/mol. The zero-order valence-electron chi connectivity index (χ0n) is 17.4. The topological polar surface area (TPSA) is 104 Å². The molecule has 0 amide bonds. The van der Waals surface area contributed by atoms with Gasteiger partial charge in [0.1, 0.15) is 17.5 Å². The van der Waals surface area contributed by atoms with E-state index >= 15 is 0 Å². The Morgan fingerprint density at radius 2 is 1.70 bits per heavy atom. The molecule has 7 nitrogen and oxygen atoms in total. The van der Waals surface area contributed by atoms with Crippen LogP contribution in [0, 0.1) is 5.82 Å². The molecule has 162 valence electrons. The van der Waals surface area contributed by atoms with E-state index in [2.05, 4.69) is 24.9 Å². The summed E-state index contributed by atoms with van der Waals surface area (Å²) in [5, 5.41) is 0. The highest BCUT2D eigenvalue weighted by molar-refractivity contribution is 6.07. The van der Waals surface area contributed by atoms with Gasteiger partial charge in [0.15, 0.2) is 11.6 Å². The molecule has 0 atom stereocenters. The fraction of sp³-hybridized carbons (Fsp3) is 0.0800. The van der Waals surface area contributed by atoms with Crippen LogP contribution < -0.4 is 0 Å². The second-order valence-electron chi connectivity index (χ2n) is 7.56. The average molecular weight is 439 g/mol. The number of benzene rings is 2. The zero-order chi connectivity index (χ0) is 22.8. The number of hydrogen-bond acceptors (Lipinski definition) is 5. The number of Topliss-reactive ketones (excluding diaryl/α,β-unsaturated/α-hetero) is 2. The molecule has 0 bridgehead atoms. The van der Waals surface area contributed by atoms with Gasteiger partial charge in [-0.05, 0) is 48.5 Å². The van der Waals surface area contributed by atoms with Crippen LogP contribution in [0.2, 0.25) is 0 Å². The number of halogens is 1. The SMILES string of the molecule is O=C(Cc1nc2c(C(=O)Cc3ncc[nH]3)cccc2[nH]1)c1ccc(-c2ccc(F)cc2)nc1. The summed E-state index contributed by atoms with van der Waals surface area (Å²) >= 11 is 0. The first-order valence-electron chi connectivity index (χ1n) is 10.3. The number of fused-ring (bicyclic) bond motifs is 1. The highest BCUT2D eigenvalue weighted by atomic mass is 19.1. The van der Waals surface area contributed by atoms with Gasteiger partial charge in [-0.2, -0.15) is 0 Å². The number of para-hydroxylation sites is 1. The van der Waals surface area contributed by atoms with Crippen LogP contribution in [0.25, 0.3) is 22.3 Å². The van der Waals surface area contributed by atoms with Crippen molar-refractivity contribution in [1.82, 2.24) is 24.9 Å². The van der Waals surface area contributed by atoms with E-state index in [0.717, 1.165) is 5.56 Å². The first kappa shape index (κ1) is 20.4. The molecule has 5 rings (SSSR count). The first-order chi connectivity index (χ1) is 16.1. The molecule has 0 aliphatic heterocycles. The van der Waals surface area contributed by atoms with Crippen molar-refractivity contribution in [2.75, 3.05) is 0 Å². The molecule has 33 heavy (non-hydrogen) atoms. The molecular formula is C25H18FN5O2. The Bertz CT molecular complexity index is 1440. The Labute approximate surface area is 187 Å². The molecule has 3 heterocycles. The van der Waals surface area contributed by atoms with Crippen LogP contribution in [-0.2, 0) is 12.8 Å². The lowest BCUT2D eigenvalue weighted by atomic mass is 10.1. The Kier molecular flexibility index (Phi) is 5.32. The maximum atomic E-state index is 13.1. The lowest BCUT2D eigenvalue weighted by Gasteiger charge is -2.03. The minimum atomic E-state index is -0.317. The Morgan fingerprint density at radius 3 is 2.42 bits per heavy atom. The van der Waals surface area contributed by atoms with Crippen LogP contribution in [0.1, 0.15) is 32.4 Å². The number of carbonyl (C=O) groups is 2. The summed E-state index contributed by atoms with van der Waals surface area (Å²) in [7, 11) is 0. The van der Waals surface area contributed by atoms with Gasteiger partial charge in [-0.3, -0.25) is 14.6 Å². The fourth-order valence-corrected chi connectivity index (χ4v) is 3.64. The van der Waals surface area contributed by atoms with Gasteiger partial charge in [0.25, 0.3) is 0 Å². The molecule has 0 saturated heterocycles. The van der Waals surface area contributed by atoms with Gasteiger partial charge < -0.3 is 9.97 Å². The van der Waals surface area contributed by atoms with E-state index in [-0.39, 0.29) is 30.2 Å². The molecule has 0 aliphatic carbocycles. The maximum absolute atomic E-state index is 13.1. The van der Waals surface area contributed by atoms with Crippen LogP contribution >= 0.6 is 0 Å². The van der Waals surface area contributed by atoms with Crippen LogP contribution in [-0.4, -0.2) is 36.5 Å². The molecule has 0 spiro atoms. The number of aromatic nitrogens is 5. The van der Waals surface area contributed by atoms with Gasteiger partial charge in [-0.1, -0.05) is 6.07 Å². The number of imidazole rings is 2. The second-order valence-corrected chi connectivity index (χ2v) is 7.56. The number of hydrogen-bond donors (Lipinski definition) is 2. The Hall–Kier alpha value is -4.46. The molecule has 5 aromatic rings. The Morgan fingerprint density at radius 1 is 0.879 bits per heavy atom. The number of ketones is 2. The summed E-state index contributed by atoms with van der Waals surface area (Å²) in [5.74, 6) is 0.466. The van der Waals surface area contributed by atoms with Gasteiger partial charge in [-0.15, -0.1) is 0 Å². The Balaban J connectivity index is 1.34. The number of rotatable bonds is 7. The predicted octanol–water partition coefficient (Wildman–Crippen LogP) is 4.34. The van der Waals surface area contributed by atoms with Crippen molar-refractivity contribution in [1.29, 1.82) is 0 Å². The minimum absolute atomic E-state index is 0.0398. The molecule has 3 aromatic heterocycles. The molecule has 8 heteroatoms. The standard InChI is InChI=1S/C25H18FN5O2/c26-17-7-4-15(5-8-17)19-9-6-16(14-29-19)21(32)12-24-30-20-3-1-2-18(25(20)31-24)22(33)13-23-27-10-11-28-23/h1-11,14H,12-13H2,(H,27,28)(H,30,31). The van der Waals surface area contributed by atoms with Crippen molar-refractivity contribution in [3.63, 3.8) is 0 Å². The number of aromatic amines is 2. The fourth-order valence-electron chi connectivity index (χ4n) is 3.64. The number of nitrogens with zero attached hydrogens (tertiary/aromatic N) is 3. The number of carbonyl (C=O) groups excluding carboxylic acids is 2. The van der Waals surface area contributed by atoms with E-state index in [1.54, 1.807) is 48.8 Å². The normalized spacial score (nSPS) is 11.1. The van der Waals surface area contributed by atoms with Crippen molar-refractivity contribution >= 4 is 22.6 Å².